The number of rotatable bonds is 5. The van der Waals surface area contributed by atoms with Gasteiger partial charge in [0.05, 0.1) is 32.6 Å². The lowest BCUT2D eigenvalue weighted by Gasteiger charge is -2.42. The van der Waals surface area contributed by atoms with Gasteiger partial charge in [-0.05, 0) is 24.5 Å². The SMILES string of the molecule is COc1cc(-n2cc(C(=O)N3C[C@@H]4C[C@H](C3)c3cccc(=O)n3C4)c3ccccc3c2=O)cc(OC)c1OC. The second-order valence-electron chi connectivity index (χ2n) is 10.1. The van der Waals surface area contributed by atoms with E-state index in [0.717, 1.165) is 12.1 Å². The number of hydrogen-bond donors (Lipinski definition) is 0. The summed E-state index contributed by atoms with van der Waals surface area (Å²) < 4.78 is 19.7. The number of likely N-dealkylation sites (tertiary alicyclic amines) is 1. The van der Waals surface area contributed by atoms with Crippen molar-refractivity contribution in [3.63, 3.8) is 0 Å². The average Bonchev–Trinajstić information content (AvgIpc) is 2.97. The Morgan fingerprint density at radius 3 is 2.26 bits per heavy atom. The van der Waals surface area contributed by atoms with Gasteiger partial charge in [0.2, 0.25) is 5.75 Å². The van der Waals surface area contributed by atoms with Crippen molar-refractivity contribution in [1.82, 2.24) is 14.0 Å². The average molecular weight is 528 g/mol. The van der Waals surface area contributed by atoms with Gasteiger partial charge in [0.25, 0.3) is 17.0 Å². The summed E-state index contributed by atoms with van der Waals surface area (Å²) in [5.41, 5.74) is 1.64. The Kier molecular flexibility index (Phi) is 6.13. The predicted molar refractivity (Wildman–Crippen MR) is 147 cm³/mol. The summed E-state index contributed by atoms with van der Waals surface area (Å²) in [5, 5.41) is 1.04. The Morgan fingerprint density at radius 1 is 0.846 bits per heavy atom. The van der Waals surface area contributed by atoms with Crippen molar-refractivity contribution in [2.24, 2.45) is 5.92 Å². The van der Waals surface area contributed by atoms with Crippen LogP contribution in [0.25, 0.3) is 16.5 Å². The van der Waals surface area contributed by atoms with E-state index in [1.165, 1.54) is 25.9 Å². The van der Waals surface area contributed by atoms with Crippen LogP contribution in [0.3, 0.4) is 0 Å². The minimum Gasteiger partial charge on any atom is -0.493 e. The monoisotopic (exact) mass is 527 g/mol. The first kappa shape index (κ1) is 24.8. The van der Waals surface area contributed by atoms with Crippen LogP contribution in [-0.4, -0.2) is 54.4 Å². The molecule has 9 heteroatoms. The van der Waals surface area contributed by atoms with Gasteiger partial charge >= 0.3 is 0 Å². The molecule has 9 nitrogen and oxygen atoms in total. The molecule has 2 bridgehead atoms. The third-order valence-electron chi connectivity index (χ3n) is 7.85. The predicted octanol–water partition coefficient (Wildman–Crippen LogP) is 3.44. The van der Waals surface area contributed by atoms with Gasteiger partial charge in [-0.15, -0.1) is 0 Å². The van der Waals surface area contributed by atoms with Gasteiger partial charge in [0.1, 0.15) is 0 Å². The molecular formula is C30H29N3O6. The van der Waals surface area contributed by atoms with E-state index in [9.17, 15) is 14.4 Å². The highest BCUT2D eigenvalue weighted by molar-refractivity contribution is 6.06. The molecule has 0 saturated carbocycles. The van der Waals surface area contributed by atoms with Gasteiger partial charge in [-0.1, -0.05) is 24.3 Å². The lowest BCUT2D eigenvalue weighted by Crippen LogP contribution is -2.49. The number of amides is 1. The van der Waals surface area contributed by atoms with Crippen LogP contribution >= 0.6 is 0 Å². The molecule has 0 unspecified atom stereocenters. The smallest absolute Gasteiger partial charge is 0.263 e. The summed E-state index contributed by atoms with van der Waals surface area (Å²) in [6.07, 6.45) is 2.55. The van der Waals surface area contributed by atoms with Gasteiger partial charge in [0.15, 0.2) is 11.5 Å². The number of nitrogens with zero attached hydrogens (tertiary/aromatic N) is 3. The van der Waals surface area contributed by atoms with Gasteiger partial charge in [-0.3, -0.25) is 19.0 Å². The minimum absolute atomic E-state index is 0.00500. The molecule has 0 aliphatic carbocycles. The van der Waals surface area contributed by atoms with Crippen LogP contribution in [0.5, 0.6) is 17.2 Å². The number of carbonyl (C=O) groups is 1. The van der Waals surface area contributed by atoms with Gasteiger partial charge in [-0.25, -0.2) is 0 Å². The zero-order valence-corrected chi connectivity index (χ0v) is 22.0. The fourth-order valence-electron chi connectivity index (χ4n) is 6.09. The van der Waals surface area contributed by atoms with Crippen LogP contribution in [0.15, 0.2) is 70.4 Å². The van der Waals surface area contributed by atoms with E-state index in [0.29, 0.717) is 58.9 Å². The Hall–Kier alpha value is -4.53. The van der Waals surface area contributed by atoms with Crippen LogP contribution in [-0.2, 0) is 6.54 Å². The van der Waals surface area contributed by atoms with Gasteiger partial charge < -0.3 is 23.7 Å². The highest BCUT2D eigenvalue weighted by Crippen LogP contribution is 2.40. The molecule has 2 atom stereocenters. The molecule has 2 aliphatic heterocycles. The first-order chi connectivity index (χ1) is 18.9. The molecule has 2 aromatic carbocycles. The van der Waals surface area contributed by atoms with Crippen LogP contribution in [0.1, 0.15) is 28.4 Å². The molecular weight excluding hydrogens is 498 g/mol. The quantitative estimate of drug-likeness (QED) is 0.395. The first-order valence-corrected chi connectivity index (χ1v) is 12.9. The van der Waals surface area contributed by atoms with Crippen LogP contribution in [0.4, 0.5) is 0 Å². The standard InChI is InChI=1S/C30H29N3O6/c1-37-25-12-20(13-26(38-2)28(25)39-3)32-17-23(21-7-4-5-8-22(21)30(32)36)29(35)31-14-18-11-19(16-31)24-9-6-10-27(34)33(24)15-18/h4-10,12-13,17-19H,11,14-16H2,1-3H3/t18-,19+/m0/s1. The van der Waals surface area contributed by atoms with Crippen LogP contribution in [0, 0.1) is 5.92 Å². The highest BCUT2D eigenvalue weighted by atomic mass is 16.5. The summed E-state index contributed by atoms with van der Waals surface area (Å²) in [6.45, 7) is 1.66. The fraction of sp³-hybridized carbons (Fsp3) is 0.300. The van der Waals surface area contributed by atoms with Crippen molar-refractivity contribution >= 4 is 16.7 Å². The summed E-state index contributed by atoms with van der Waals surface area (Å²) in [4.78, 5) is 42.1. The van der Waals surface area contributed by atoms with E-state index in [-0.39, 0.29) is 28.9 Å². The lowest BCUT2D eigenvalue weighted by molar-refractivity contribution is 0.0596. The van der Waals surface area contributed by atoms with E-state index in [1.54, 1.807) is 42.6 Å². The number of carbonyl (C=O) groups excluding carboxylic acids is 1. The first-order valence-electron chi connectivity index (χ1n) is 12.9. The molecule has 0 N–H and O–H groups in total. The maximum atomic E-state index is 14.1. The number of hydrogen-bond acceptors (Lipinski definition) is 6. The normalized spacial score (nSPS) is 18.0. The Balaban J connectivity index is 1.46. The zero-order valence-electron chi connectivity index (χ0n) is 22.0. The number of benzene rings is 2. The van der Waals surface area contributed by atoms with Gasteiger partial charge in [-0.2, -0.15) is 0 Å². The number of pyridine rings is 2. The Bertz CT molecular complexity index is 1700. The number of ether oxygens (including phenoxy) is 3. The largest absolute Gasteiger partial charge is 0.493 e. The summed E-state index contributed by atoms with van der Waals surface area (Å²) >= 11 is 0. The molecule has 0 spiro atoms. The summed E-state index contributed by atoms with van der Waals surface area (Å²) in [7, 11) is 4.54. The zero-order chi connectivity index (χ0) is 27.3. The molecule has 2 aromatic heterocycles. The Labute approximate surface area is 224 Å². The Morgan fingerprint density at radius 2 is 1.56 bits per heavy atom. The molecule has 0 radical (unpaired) electrons. The van der Waals surface area contributed by atoms with Crippen molar-refractivity contribution in [3.05, 3.63) is 92.8 Å². The molecule has 2 aliphatic rings. The maximum Gasteiger partial charge on any atom is 0.263 e. The topological polar surface area (TPSA) is 92.0 Å². The fourth-order valence-corrected chi connectivity index (χ4v) is 6.09. The number of fused-ring (bicyclic) bond motifs is 5. The third-order valence-corrected chi connectivity index (χ3v) is 7.85. The molecule has 1 amide bonds. The summed E-state index contributed by atoms with van der Waals surface area (Å²) in [5.74, 6) is 1.34. The van der Waals surface area contributed by atoms with E-state index in [2.05, 4.69) is 0 Å². The van der Waals surface area contributed by atoms with Crippen molar-refractivity contribution in [1.29, 1.82) is 0 Å². The molecule has 4 aromatic rings. The maximum absolute atomic E-state index is 14.1. The highest BCUT2D eigenvalue weighted by Gasteiger charge is 2.37. The third kappa shape index (κ3) is 4.05. The summed E-state index contributed by atoms with van der Waals surface area (Å²) in [6, 6.07) is 15.9. The van der Waals surface area contributed by atoms with E-state index in [4.69, 9.17) is 14.2 Å². The van der Waals surface area contributed by atoms with Gasteiger partial charge in [0, 0.05) is 66.4 Å². The second-order valence-corrected chi connectivity index (χ2v) is 10.1. The van der Waals surface area contributed by atoms with Crippen molar-refractivity contribution in [3.8, 4) is 22.9 Å². The van der Waals surface area contributed by atoms with E-state index < -0.39 is 0 Å². The molecule has 39 heavy (non-hydrogen) atoms. The molecule has 1 fully saturated rings. The van der Waals surface area contributed by atoms with Crippen LogP contribution < -0.4 is 25.3 Å². The molecule has 200 valence electrons. The van der Waals surface area contributed by atoms with Crippen molar-refractivity contribution < 1.29 is 19.0 Å². The second kappa shape index (κ2) is 9.65. The molecule has 6 rings (SSSR count). The van der Waals surface area contributed by atoms with E-state index in [1.807, 2.05) is 27.7 Å². The minimum atomic E-state index is -0.264. The molecule has 1 saturated heterocycles. The van der Waals surface area contributed by atoms with Crippen LogP contribution in [0.2, 0.25) is 0 Å². The van der Waals surface area contributed by atoms with E-state index >= 15 is 0 Å². The van der Waals surface area contributed by atoms with Crippen molar-refractivity contribution in [2.75, 3.05) is 34.4 Å². The number of methoxy groups -OCH3 is 3. The number of aromatic nitrogens is 2. The molecule has 4 heterocycles. The number of piperidine rings is 1. The van der Waals surface area contributed by atoms with Crippen molar-refractivity contribution in [2.45, 2.75) is 18.9 Å². The lowest BCUT2D eigenvalue weighted by atomic mass is 9.83.